The molecule has 4 aromatic rings. The molecular weight excluding hydrogens is 502 g/mol. The zero-order valence-electron chi connectivity index (χ0n) is 22.2. The average molecular weight is 534 g/mol. The van der Waals surface area contributed by atoms with Crippen LogP contribution in [0, 0.1) is 6.92 Å². The lowest BCUT2D eigenvalue weighted by Gasteiger charge is -2.16. The summed E-state index contributed by atoms with van der Waals surface area (Å²) in [5.74, 6) is 0.321. The number of aryl methyl sites for hydroxylation is 1. The number of carbonyl (C=O) groups is 2. The molecule has 0 spiro atoms. The van der Waals surface area contributed by atoms with Crippen LogP contribution in [-0.4, -0.2) is 86.3 Å². The molecular formula is C26H31N9O4. The highest BCUT2D eigenvalue weighted by Gasteiger charge is 2.19. The molecule has 1 amide bonds. The van der Waals surface area contributed by atoms with E-state index < -0.39 is 0 Å². The van der Waals surface area contributed by atoms with Crippen molar-refractivity contribution in [2.24, 2.45) is 0 Å². The Morgan fingerprint density at radius 1 is 1.21 bits per heavy atom. The first kappa shape index (κ1) is 26.3. The van der Waals surface area contributed by atoms with Gasteiger partial charge in [-0.1, -0.05) is 0 Å². The molecule has 0 radical (unpaired) electrons. The van der Waals surface area contributed by atoms with Gasteiger partial charge in [-0.15, -0.1) is 0 Å². The number of rotatable bonds is 3. The molecule has 2 N–H and O–H groups in total. The molecule has 1 aromatic carbocycles. The molecule has 6 bridgehead atoms. The van der Waals surface area contributed by atoms with E-state index in [0.29, 0.717) is 55.7 Å². The summed E-state index contributed by atoms with van der Waals surface area (Å²) in [6, 6.07) is 7.34. The summed E-state index contributed by atoms with van der Waals surface area (Å²) < 4.78 is 14.2. The number of anilines is 2. The topological polar surface area (TPSA) is 141 Å². The molecule has 1 aliphatic heterocycles. The number of nitrogens with zero attached hydrogens (tertiary/aromatic N) is 7. The van der Waals surface area contributed by atoms with E-state index in [1.807, 2.05) is 38.4 Å². The van der Waals surface area contributed by atoms with Gasteiger partial charge >= 0.3 is 5.97 Å². The number of carbonyl (C=O) groups excluding carboxylic acids is 2. The quantitative estimate of drug-likeness (QED) is 0.375. The predicted molar refractivity (Wildman–Crippen MR) is 143 cm³/mol. The SMILES string of the molecule is CC(=O)OCCn1nc2c3cc(ccc31)Nc1nccc(n1)-n1cc(c(C)n1)CN(C)CCOCCNC2=O. The van der Waals surface area contributed by atoms with Gasteiger partial charge in [0.15, 0.2) is 11.5 Å². The summed E-state index contributed by atoms with van der Waals surface area (Å²) in [4.78, 5) is 35.5. The van der Waals surface area contributed by atoms with E-state index in [0.717, 1.165) is 23.3 Å². The number of nitrogens with one attached hydrogen (secondary N) is 2. The fourth-order valence-electron chi connectivity index (χ4n) is 4.32. The fourth-order valence-corrected chi connectivity index (χ4v) is 4.32. The highest BCUT2D eigenvalue weighted by atomic mass is 16.5. The van der Waals surface area contributed by atoms with Crippen molar-refractivity contribution in [1.82, 2.24) is 39.7 Å². The maximum Gasteiger partial charge on any atom is 0.302 e. The minimum absolute atomic E-state index is 0.144. The van der Waals surface area contributed by atoms with Crippen molar-refractivity contribution in [2.75, 3.05) is 45.3 Å². The van der Waals surface area contributed by atoms with Crippen LogP contribution in [0.4, 0.5) is 11.6 Å². The van der Waals surface area contributed by atoms with Gasteiger partial charge in [-0.25, -0.2) is 9.67 Å². The van der Waals surface area contributed by atoms with Gasteiger partial charge in [0.25, 0.3) is 5.91 Å². The van der Waals surface area contributed by atoms with Crippen LogP contribution in [0.2, 0.25) is 0 Å². The van der Waals surface area contributed by atoms with E-state index in [-0.39, 0.29) is 24.2 Å². The van der Waals surface area contributed by atoms with Crippen LogP contribution < -0.4 is 10.6 Å². The number of benzene rings is 1. The lowest BCUT2D eigenvalue weighted by atomic mass is 10.1. The molecule has 0 unspecified atom stereocenters. The summed E-state index contributed by atoms with van der Waals surface area (Å²) in [7, 11) is 2.03. The largest absolute Gasteiger partial charge is 0.464 e. The van der Waals surface area contributed by atoms with E-state index in [4.69, 9.17) is 9.47 Å². The molecule has 0 saturated carbocycles. The normalized spacial score (nSPS) is 15.1. The van der Waals surface area contributed by atoms with Crippen molar-refractivity contribution >= 4 is 34.4 Å². The Morgan fingerprint density at radius 2 is 2.08 bits per heavy atom. The number of aromatic nitrogens is 6. The van der Waals surface area contributed by atoms with Crippen molar-refractivity contribution in [2.45, 2.75) is 26.9 Å². The van der Waals surface area contributed by atoms with Gasteiger partial charge in [0, 0.05) is 61.7 Å². The van der Waals surface area contributed by atoms with Crippen molar-refractivity contribution in [1.29, 1.82) is 0 Å². The molecule has 1 aliphatic rings. The monoisotopic (exact) mass is 533 g/mol. The summed E-state index contributed by atoms with van der Waals surface area (Å²) in [6.07, 6.45) is 3.65. The number of amides is 1. The van der Waals surface area contributed by atoms with Gasteiger partial charge in [0.05, 0.1) is 31.0 Å². The first-order chi connectivity index (χ1) is 18.9. The maximum absolute atomic E-state index is 13.1. The van der Waals surface area contributed by atoms with Crippen LogP contribution >= 0.6 is 0 Å². The first-order valence-electron chi connectivity index (χ1n) is 12.7. The van der Waals surface area contributed by atoms with E-state index in [1.165, 1.54) is 6.92 Å². The van der Waals surface area contributed by atoms with Gasteiger partial charge in [-0.3, -0.25) is 19.2 Å². The molecule has 4 heterocycles. The highest BCUT2D eigenvalue weighted by Crippen LogP contribution is 2.25. The third-order valence-corrected chi connectivity index (χ3v) is 6.30. The van der Waals surface area contributed by atoms with Gasteiger partial charge in [-0.2, -0.15) is 15.2 Å². The molecule has 204 valence electrons. The van der Waals surface area contributed by atoms with Crippen molar-refractivity contribution in [3.63, 3.8) is 0 Å². The number of hydrogen-bond donors (Lipinski definition) is 2. The highest BCUT2D eigenvalue weighted by molar-refractivity contribution is 6.05. The van der Waals surface area contributed by atoms with Crippen LogP contribution in [0.25, 0.3) is 16.7 Å². The van der Waals surface area contributed by atoms with Crippen LogP contribution in [0.5, 0.6) is 0 Å². The van der Waals surface area contributed by atoms with Crippen molar-refractivity contribution < 1.29 is 19.1 Å². The molecule has 13 nitrogen and oxygen atoms in total. The zero-order valence-corrected chi connectivity index (χ0v) is 22.2. The van der Waals surface area contributed by atoms with E-state index in [9.17, 15) is 9.59 Å². The maximum atomic E-state index is 13.1. The lowest BCUT2D eigenvalue weighted by Crippen LogP contribution is -2.29. The van der Waals surface area contributed by atoms with Gasteiger partial charge < -0.3 is 20.1 Å². The van der Waals surface area contributed by atoms with Crippen LogP contribution in [0.15, 0.2) is 36.7 Å². The van der Waals surface area contributed by atoms with Crippen LogP contribution in [0.1, 0.15) is 28.7 Å². The summed E-state index contributed by atoms with van der Waals surface area (Å²) in [5, 5.41) is 15.9. The van der Waals surface area contributed by atoms with Gasteiger partial charge in [-0.05, 0) is 32.2 Å². The summed E-state index contributed by atoms with van der Waals surface area (Å²) >= 11 is 0. The minimum Gasteiger partial charge on any atom is -0.464 e. The second-order valence-corrected chi connectivity index (χ2v) is 9.30. The standard InChI is InChI=1S/C26H31N9O4/c1-17-19-15-33(3)9-12-38-11-8-27-25(37)24-21-14-20(4-5-22(21)34(32-24)10-13-39-18(2)36)29-26-28-7-6-23(30-26)35(16-19)31-17/h4-7,14,16H,8-13,15H2,1-3H3,(H,27,37)(H,28,29,30). The smallest absolute Gasteiger partial charge is 0.302 e. The number of fused-ring (bicyclic) bond motifs is 6. The predicted octanol–water partition coefficient (Wildman–Crippen LogP) is 1.82. The number of esters is 1. The second-order valence-electron chi connectivity index (χ2n) is 9.30. The third-order valence-electron chi connectivity index (χ3n) is 6.30. The van der Waals surface area contributed by atoms with E-state index in [1.54, 1.807) is 21.6 Å². The Balaban J connectivity index is 1.50. The Morgan fingerprint density at radius 3 is 2.92 bits per heavy atom. The van der Waals surface area contributed by atoms with Gasteiger partial charge in [0.1, 0.15) is 6.61 Å². The van der Waals surface area contributed by atoms with Crippen LogP contribution in [-0.2, 0) is 27.4 Å². The zero-order chi connectivity index (χ0) is 27.4. The molecule has 0 saturated heterocycles. The Bertz CT molecular complexity index is 1500. The lowest BCUT2D eigenvalue weighted by molar-refractivity contribution is -0.141. The Kier molecular flexibility index (Phi) is 7.79. The third kappa shape index (κ3) is 6.21. The molecule has 5 rings (SSSR count). The Hall–Kier alpha value is -4.36. The van der Waals surface area contributed by atoms with E-state index >= 15 is 0 Å². The molecule has 13 heteroatoms. The molecule has 0 aliphatic carbocycles. The van der Waals surface area contributed by atoms with Gasteiger partial charge in [0.2, 0.25) is 5.95 Å². The molecule has 39 heavy (non-hydrogen) atoms. The first-order valence-corrected chi connectivity index (χ1v) is 12.7. The second kappa shape index (κ2) is 11.6. The number of hydrogen-bond acceptors (Lipinski definition) is 10. The fraction of sp³-hybridized carbons (Fsp3) is 0.385. The molecule has 0 atom stereocenters. The van der Waals surface area contributed by atoms with Crippen molar-refractivity contribution in [3.8, 4) is 5.82 Å². The van der Waals surface area contributed by atoms with E-state index in [2.05, 4.69) is 35.7 Å². The summed E-state index contributed by atoms with van der Waals surface area (Å²) in [5.41, 5.74) is 3.70. The number of likely N-dealkylation sites (N-methyl/N-ethyl adjacent to an activating group) is 1. The van der Waals surface area contributed by atoms with Crippen molar-refractivity contribution in [3.05, 3.63) is 53.6 Å². The molecule has 3 aromatic heterocycles. The van der Waals surface area contributed by atoms with Crippen LogP contribution in [0.3, 0.4) is 0 Å². The Labute approximate surface area is 225 Å². The number of ether oxygens (including phenoxy) is 2. The molecule has 0 fully saturated rings. The minimum atomic E-state index is -0.374. The average Bonchev–Trinajstić information content (AvgIpc) is 3.45. The summed E-state index contributed by atoms with van der Waals surface area (Å²) in [6.45, 7) is 6.46.